The van der Waals surface area contributed by atoms with Crippen LogP contribution in [0.25, 0.3) is 0 Å². The Morgan fingerprint density at radius 1 is 1.08 bits per heavy atom. The number of nitrogens with zero attached hydrogens (tertiary/aromatic N) is 1. The second-order valence-corrected chi connectivity index (χ2v) is 6.26. The zero-order chi connectivity index (χ0) is 17.5. The normalized spacial score (nSPS) is 14.2. The molecule has 132 valence electrons. The van der Waals surface area contributed by atoms with Crippen molar-refractivity contribution in [2.45, 2.75) is 6.54 Å². The molecule has 1 aliphatic rings. The Kier molecular flexibility index (Phi) is 6.14. The van der Waals surface area contributed by atoms with Crippen LogP contribution in [0.3, 0.4) is 0 Å². The van der Waals surface area contributed by atoms with Crippen molar-refractivity contribution in [1.82, 2.24) is 5.32 Å². The molecule has 0 bridgehead atoms. The first-order chi connectivity index (χ1) is 12.2. The quantitative estimate of drug-likeness (QED) is 0.832. The summed E-state index contributed by atoms with van der Waals surface area (Å²) in [5.74, 6) is -0.0586. The van der Waals surface area contributed by atoms with E-state index in [2.05, 4.69) is 15.5 Å². The second kappa shape index (κ2) is 8.74. The van der Waals surface area contributed by atoms with Gasteiger partial charge >= 0.3 is 0 Å². The van der Waals surface area contributed by atoms with Gasteiger partial charge in [-0.3, -0.25) is 4.79 Å². The summed E-state index contributed by atoms with van der Waals surface area (Å²) in [6.07, 6.45) is 0. The Morgan fingerprint density at radius 3 is 2.60 bits per heavy atom. The molecule has 1 saturated heterocycles. The van der Waals surface area contributed by atoms with Crippen molar-refractivity contribution >= 4 is 28.9 Å². The number of carbonyl (C=O) groups excluding carboxylic acids is 1. The van der Waals surface area contributed by atoms with Crippen LogP contribution in [0.4, 0.5) is 11.4 Å². The lowest BCUT2D eigenvalue weighted by molar-refractivity contribution is -0.119. The molecule has 2 N–H and O–H groups in total. The van der Waals surface area contributed by atoms with Gasteiger partial charge in [0.15, 0.2) is 0 Å². The third kappa shape index (κ3) is 4.87. The van der Waals surface area contributed by atoms with Crippen LogP contribution < -0.4 is 15.5 Å². The number of ether oxygens (including phenoxy) is 1. The summed E-state index contributed by atoms with van der Waals surface area (Å²) in [5.41, 5.74) is 2.88. The van der Waals surface area contributed by atoms with Crippen LogP contribution in [0.1, 0.15) is 5.56 Å². The molecule has 1 fully saturated rings. The molecule has 5 nitrogen and oxygen atoms in total. The number of rotatable bonds is 6. The van der Waals surface area contributed by atoms with E-state index in [0.717, 1.165) is 30.0 Å². The van der Waals surface area contributed by atoms with Crippen molar-refractivity contribution < 1.29 is 9.53 Å². The summed E-state index contributed by atoms with van der Waals surface area (Å²) >= 11 is 6.40. The summed E-state index contributed by atoms with van der Waals surface area (Å²) in [6, 6.07) is 15.5. The van der Waals surface area contributed by atoms with Gasteiger partial charge in [0, 0.05) is 19.6 Å². The molecule has 0 aliphatic carbocycles. The number of halogens is 1. The lowest BCUT2D eigenvalue weighted by Crippen LogP contribution is -2.37. The number of para-hydroxylation sites is 1. The molecule has 0 aromatic heterocycles. The van der Waals surface area contributed by atoms with Gasteiger partial charge in [-0.15, -0.1) is 0 Å². The molecule has 1 amide bonds. The smallest absolute Gasteiger partial charge is 0.239 e. The van der Waals surface area contributed by atoms with Crippen LogP contribution in [-0.2, 0) is 16.1 Å². The molecule has 0 saturated carbocycles. The van der Waals surface area contributed by atoms with Gasteiger partial charge in [-0.2, -0.15) is 0 Å². The fraction of sp³-hybridized carbons (Fsp3) is 0.316. The topological polar surface area (TPSA) is 53.6 Å². The predicted molar refractivity (Wildman–Crippen MR) is 101 cm³/mol. The van der Waals surface area contributed by atoms with E-state index in [-0.39, 0.29) is 12.5 Å². The van der Waals surface area contributed by atoms with Gasteiger partial charge in [-0.25, -0.2) is 0 Å². The lowest BCUT2D eigenvalue weighted by Gasteiger charge is -2.31. The summed E-state index contributed by atoms with van der Waals surface area (Å²) in [6.45, 7) is 3.67. The van der Waals surface area contributed by atoms with Gasteiger partial charge in [0.05, 0.1) is 36.2 Å². The average Bonchev–Trinajstić information content (AvgIpc) is 2.66. The largest absolute Gasteiger partial charge is 0.378 e. The van der Waals surface area contributed by atoms with Crippen LogP contribution in [0.5, 0.6) is 0 Å². The zero-order valence-corrected chi connectivity index (χ0v) is 14.8. The fourth-order valence-corrected chi connectivity index (χ4v) is 3.09. The van der Waals surface area contributed by atoms with E-state index in [1.807, 2.05) is 48.5 Å². The lowest BCUT2D eigenvalue weighted by atomic mass is 10.2. The van der Waals surface area contributed by atoms with E-state index < -0.39 is 0 Å². The van der Waals surface area contributed by atoms with Gasteiger partial charge in [0.1, 0.15) is 0 Å². The number of hydrogen-bond acceptors (Lipinski definition) is 4. The SMILES string of the molecule is O=C(CNc1cccc(Cl)c1N1CCOCC1)NCc1ccccc1. The van der Waals surface area contributed by atoms with E-state index in [0.29, 0.717) is 24.8 Å². The van der Waals surface area contributed by atoms with Gasteiger partial charge in [0.2, 0.25) is 5.91 Å². The second-order valence-electron chi connectivity index (χ2n) is 5.85. The van der Waals surface area contributed by atoms with Crippen LogP contribution in [0.15, 0.2) is 48.5 Å². The van der Waals surface area contributed by atoms with Crippen molar-refractivity contribution in [3.8, 4) is 0 Å². The Bertz CT molecular complexity index is 703. The molecule has 0 atom stereocenters. The molecule has 1 heterocycles. The number of anilines is 2. The highest BCUT2D eigenvalue weighted by atomic mass is 35.5. The molecule has 25 heavy (non-hydrogen) atoms. The maximum absolute atomic E-state index is 12.1. The Hall–Kier alpha value is -2.24. The van der Waals surface area contributed by atoms with Gasteiger partial charge in [-0.1, -0.05) is 48.0 Å². The molecule has 3 rings (SSSR count). The van der Waals surface area contributed by atoms with Gasteiger partial charge < -0.3 is 20.3 Å². The minimum absolute atomic E-state index is 0.0586. The first-order valence-corrected chi connectivity index (χ1v) is 8.77. The summed E-state index contributed by atoms with van der Waals surface area (Å²) in [7, 11) is 0. The monoisotopic (exact) mass is 359 g/mol. The Balaban J connectivity index is 1.59. The molecule has 2 aromatic rings. The number of benzene rings is 2. The van der Waals surface area contributed by atoms with Crippen molar-refractivity contribution in [3.63, 3.8) is 0 Å². The third-order valence-electron chi connectivity index (χ3n) is 4.09. The maximum Gasteiger partial charge on any atom is 0.239 e. The highest BCUT2D eigenvalue weighted by Gasteiger charge is 2.18. The minimum atomic E-state index is -0.0586. The molecular weight excluding hydrogens is 338 g/mol. The zero-order valence-electron chi connectivity index (χ0n) is 14.0. The number of amides is 1. The Morgan fingerprint density at radius 2 is 1.84 bits per heavy atom. The van der Waals surface area contributed by atoms with E-state index in [1.165, 1.54) is 0 Å². The first-order valence-electron chi connectivity index (χ1n) is 8.40. The molecule has 1 aliphatic heterocycles. The summed E-state index contributed by atoms with van der Waals surface area (Å²) < 4.78 is 5.40. The fourth-order valence-electron chi connectivity index (χ4n) is 2.80. The third-order valence-corrected chi connectivity index (χ3v) is 4.39. The van der Waals surface area contributed by atoms with E-state index in [9.17, 15) is 4.79 Å². The number of nitrogens with one attached hydrogen (secondary N) is 2. The van der Waals surface area contributed by atoms with Crippen LogP contribution in [-0.4, -0.2) is 38.8 Å². The van der Waals surface area contributed by atoms with Gasteiger partial charge in [-0.05, 0) is 17.7 Å². The molecular formula is C19H22ClN3O2. The van der Waals surface area contributed by atoms with Crippen molar-refractivity contribution in [3.05, 3.63) is 59.1 Å². The summed E-state index contributed by atoms with van der Waals surface area (Å²) in [5, 5.41) is 6.80. The summed E-state index contributed by atoms with van der Waals surface area (Å²) in [4.78, 5) is 14.3. The van der Waals surface area contributed by atoms with Crippen LogP contribution in [0, 0.1) is 0 Å². The van der Waals surface area contributed by atoms with Crippen LogP contribution in [0.2, 0.25) is 5.02 Å². The maximum atomic E-state index is 12.1. The van der Waals surface area contributed by atoms with Gasteiger partial charge in [0.25, 0.3) is 0 Å². The highest BCUT2D eigenvalue weighted by Crippen LogP contribution is 2.34. The van der Waals surface area contributed by atoms with Crippen molar-refractivity contribution in [1.29, 1.82) is 0 Å². The molecule has 0 spiro atoms. The number of hydrogen-bond donors (Lipinski definition) is 2. The first kappa shape index (κ1) is 17.6. The predicted octanol–water partition coefficient (Wildman–Crippen LogP) is 2.90. The van der Waals surface area contributed by atoms with E-state index in [1.54, 1.807) is 0 Å². The molecule has 2 aromatic carbocycles. The Labute approximate surface area is 152 Å². The number of morpholine rings is 1. The van der Waals surface area contributed by atoms with E-state index >= 15 is 0 Å². The van der Waals surface area contributed by atoms with Crippen molar-refractivity contribution in [2.24, 2.45) is 0 Å². The van der Waals surface area contributed by atoms with Crippen LogP contribution >= 0.6 is 11.6 Å². The number of carbonyl (C=O) groups is 1. The molecule has 6 heteroatoms. The minimum Gasteiger partial charge on any atom is -0.378 e. The standard InChI is InChI=1S/C19H22ClN3O2/c20-16-7-4-8-17(19(16)23-9-11-25-12-10-23)21-14-18(24)22-13-15-5-2-1-3-6-15/h1-8,21H,9-14H2,(H,22,24). The molecule has 0 radical (unpaired) electrons. The molecule has 0 unspecified atom stereocenters. The van der Waals surface area contributed by atoms with Crippen molar-refractivity contribution in [2.75, 3.05) is 43.1 Å². The average molecular weight is 360 g/mol. The van der Waals surface area contributed by atoms with E-state index in [4.69, 9.17) is 16.3 Å². The highest BCUT2D eigenvalue weighted by molar-refractivity contribution is 6.34.